The molecule has 5 heteroatoms. The fourth-order valence-electron chi connectivity index (χ4n) is 3.98. The van der Waals surface area contributed by atoms with Gasteiger partial charge in [0.25, 0.3) is 5.91 Å². The van der Waals surface area contributed by atoms with Crippen molar-refractivity contribution in [1.82, 2.24) is 4.90 Å². The van der Waals surface area contributed by atoms with Crippen LogP contribution in [0.5, 0.6) is 0 Å². The minimum absolute atomic E-state index is 0.0538. The van der Waals surface area contributed by atoms with Crippen LogP contribution in [0.1, 0.15) is 55.8 Å². The Labute approximate surface area is 147 Å². The van der Waals surface area contributed by atoms with Crippen LogP contribution in [0.15, 0.2) is 29.2 Å². The van der Waals surface area contributed by atoms with Crippen LogP contribution < -0.4 is 0 Å². The van der Waals surface area contributed by atoms with Gasteiger partial charge in [-0.3, -0.25) is 9.59 Å². The van der Waals surface area contributed by atoms with Crippen LogP contribution in [-0.2, 0) is 4.79 Å². The van der Waals surface area contributed by atoms with Gasteiger partial charge >= 0.3 is 5.97 Å². The maximum atomic E-state index is 13.0. The topological polar surface area (TPSA) is 57.6 Å². The number of carbonyl (C=O) groups excluding carboxylic acids is 1. The molecule has 24 heavy (non-hydrogen) atoms. The third-order valence-corrected chi connectivity index (χ3v) is 6.57. The van der Waals surface area contributed by atoms with Crippen molar-refractivity contribution >= 4 is 23.6 Å². The number of hydrogen-bond donors (Lipinski definition) is 1. The summed E-state index contributed by atoms with van der Waals surface area (Å²) in [6.07, 6.45) is 7.48. The summed E-state index contributed by atoms with van der Waals surface area (Å²) < 4.78 is 0. The highest BCUT2D eigenvalue weighted by Crippen LogP contribution is 2.44. The van der Waals surface area contributed by atoms with Crippen LogP contribution in [0.2, 0.25) is 0 Å². The maximum Gasteiger partial charge on any atom is 0.316 e. The maximum absolute atomic E-state index is 13.0. The number of amides is 1. The standard InChI is InChI=1S/C19H25NO3S/c1-14(18(22)23)24-16-8-4-3-7-15(16)17(21)20-12-11-19(13-20)9-5-2-6-10-19/h3-4,7-8,14H,2,5-6,9-13H2,1H3,(H,22,23). The van der Waals surface area contributed by atoms with Crippen LogP contribution in [0.3, 0.4) is 0 Å². The number of aliphatic carboxylic acids is 1. The molecule has 1 spiro atoms. The molecule has 4 nitrogen and oxygen atoms in total. The zero-order valence-electron chi connectivity index (χ0n) is 14.2. The molecule has 1 atom stereocenters. The Kier molecular flexibility index (Phi) is 5.18. The lowest BCUT2D eigenvalue weighted by Gasteiger charge is -2.33. The quantitative estimate of drug-likeness (QED) is 0.835. The van der Waals surface area contributed by atoms with E-state index >= 15 is 0 Å². The predicted molar refractivity (Wildman–Crippen MR) is 95.4 cm³/mol. The molecule has 1 saturated heterocycles. The molecule has 1 N–H and O–H groups in total. The van der Waals surface area contributed by atoms with Crippen LogP contribution in [0, 0.1) is 5.41 Å². The first kappa shape index (κ1) is 17.3. The van der Waals surface area contributed by atoms with E-state index in [4.69, 9.17) is 5.11 Å². The van der Waals surface area contributed by atoms with Crippen LogP contribution >= 0.6 is 11.8 Å². The third-order valence-electron chi connectivity index (χ3n) is 5.41. The van der Waals surface area contributed by atoms with Gasteiger partial charge in [-0.25, -0.2) is 0 Å². The summed E-state index contributed by atoms with van der Waals surface area (Å²) in [4.78, 5) is 26.9. The lowest BCUT2D eigenvalue weighted by molar-refractivity contribution is -0.136. The van der Waals surface area contributed by atoms with E-state index in [9.17, 15) is 9.59 Å². The molecule has 0 bridgehead atoms. The van der Waals surface area contributed by atoms with Crippen LogP contribution in [0.25, 0.3) is 0 Å². The van der Waals surface area contributed by atoms with Gasteiger partial charge in [-0.15, -0.1) is 11.8 Å². The van der Waals surface area contributed by atoms with Gasteiger partial charge in [-0.2, -0.15) is 0 Å². The van der Waals surface area contributed by atoms with E-state index in [0.29, 0.717) is 11.0 Å². The average molecular weight is 347 g/mol. The second-order valence-electron chi connectivity index (χ2n) is 7.13. The third kappa shape index (κ3) is 3.61. The monoisotopic (exact) mass is 347 g/mol. The normalized spacial score (nSPS) is 21.0. The van der Waals surface area contributed by atoms with Crippen molar-refractivity contribution < 1.29 is 14.7 Å². The molecular formula is C19H25NO3S. The Hall–Kier alpha value is -1.49. The van der Waals surface area contributed by atoms with Gasteiger partial charge in [0.05, 0.1) is 5.56 Å². The highest BCUT2D eigenvalue weighted by molar-refractivity contribution is 8.00. The fourth-order valence-corrected chi connectivity index (χ4v) is 4.90. The molecule has 3 rings (SSSR count). The van der Waals surface area contributed by atoms with E-state index in [2.05, 4.69) is 0 Å². The molecule has 0 radical (unpaired) electrons. The van der Waals surface area contributed by atoms with E-state index < -0.39 is 11.2 Å². The highest BCUT2D eigenvalue weighted by atomic mass is 32.2. The number of likely N-dealkylation sites (tertiary alicyclic amines) is 1. The van der Waals surface area contributed by atoms with Crippen molar-refractivity contribution in [2.45, 2.75) is 55.6 Å². The molecule has 1 aliphatic heterocycles. The minimum atomic E-state index is -0.857. The first-order chi connectivity index (χ1) is 11.5. The summed E-state index contributed by atoms with van der Waals surface area (Å²) in [5.74, 6) is -0.803. The highest BCUT2D eigenvalue weighted by Gasteiger charge is 2.40. The Morgan fingerprint density at radius 3 is 2.58 bits per heavy atom. The van der Waals surface area contributed by atoms with Gasteiger partial charge in [-0.05, 0) is 43.7 Å². The molecule has 1 unspecified atom stereocenters. The van der Waals surface area contributed by atoms with Crippen molar-refractivity contribution in [2.24, 2.45) is 5.41 Å². The average Bonchev–Trinajstić information content (AvgIpc) is 2.98. The first-order valence-electron chi connectivity index (χ1n) is 8.79. The summed E-state index contributed by atoms with van der Waals surface area (Å²) in [6.45, 7) is 3.34. The van der Waals surface area contributed by atoms with Gasteiger partial charge in [-0.1, -0.05) is 31.4 Å². The molecule has 1 aromatic carbocycles. The smallest absolute Gasteiger partial charge is 0.316 e. The zero-order chi connectivity index (χ0) is 17.2. The first-order valence-corrected chi connectivity index (χ1v) is 9.66. The molecule has 1 amide bonds. The van der Waals surface area contributed by atoms with Crippen molar-refractivity contribution in [3.63, 3.8) is 0 Å². The minimum Gasteiger partial charge on any atom is -0.480 e. The largest absolute Gasteiger partial charge is 0.480 e. The lowest BCUT2D eigenvalue weighted by atomic mass is 9.73. The SMILES string of the molecule is CC(Sc1ccccc1C(=O)N1CCC2(CCCCC2)C1)C(=O)O. The molecular weight excluding hydrogens is 322 g/mol. The van der Waals surface area contributed by atoms with Crippen molar-refractivity contribution in [2.75, 3.05) is 13.1 Å². The fraction of sp³-hybridized carbons (Fsp3) is 0.579. The van der Waals surface area contributed by atoms with E-state index in [-0.39, 0.29) is 5.91 Å². The number of carboxylic acid groups (broad SMARTS) is 1. The molecule has 2 fully saturated rings. The van der Waals surface area contributed by atoms with Crippen molar-refractivity contribution in [3.8, 4) is 0 Å². The van der Waals surface area contributed by atoms with E-state index in [1.54, 1.807) is 6.92 Å². The predicted octanol–water partition coefficient (Wildman–Crippen LogP) is 4.05. The van der Waals surface area contributed by atoms with Gasteiger partial charge in [0.2, 0.25) is 0 Å². The second kappa shape index (κ2) is 7.18. The lowest BCUT2D eigenvalue weighted by Crippen LogP contribution is -2.33. The Morgan fingerprint density at radius 2 is 1.88 bits per heavy atom. The van der Waals surface area contributed by atoms with Gasteiger partial charge in [0, 0.05) is 18.0 Å². The van der Waals surface area contributed by atoms with Crippen molar-refractivity contribution in [1.29, 1.82) is 0 Å². The second-order valence-corrected chi connectivity index (χ2v) is 8.51. The summed E-state index contributed by atoms with van der Waals surface area (Å²) in [7, 11) is 0. The molecule has 1 saturated carbocycles. The Morgan fingerprint density at radius 1 is 1.17 bits per heavy atom. The van der Waals surface area contributed by atoms with Gasteiger partial charge < -0.3 is 10.0 Å². The molecule has 1 heterocycles. The number of nitrogens with zero attached hydrogens (tertiary/aromatic N) is 1. The van der Waals surface area contributed by atoms with E-state index in [0.717, 1.165) is 24.4 Å². The Balaban J connectivity index is 1.75. The van der Waals surface area contributed by atoms with E-state index in [1.807, 2.05) is 29.2 Å². The molecule has 0 aromatic heterocycles. The number of carbonyl (C=O) groups is 2. The molecule has 2 aliphatic rings. The number of benzene rings is 1. The molecule has 1 aromatic rings. The number of hydrogen-bond acceptors (Lipinski definition) is 3. The zero-order valence-corrected chi connectivity index (χ0v) is 15.0. The van der Waals surface area contributed by atoms with Gasteiger partial charge in [0.15, 0.2) is 0 Å². The Bertz CT molecular complexity index is 625. The van der Waals surface area contributed by atoms with Crippen LogP contribution in [-0.4, -0.2) is 40.2 Å². The summed E-state index contributed by atoms with van der Waals surface area (Å²) >= 11 is 1.25. The number of rotatable bonds is 4. The molecule has 130 valence electrons. The summed E-state index contributed by atoms with van der Waals surface area (Å²) in [6, 6.07) is 7.39. The number of carboxylic acids is 1. The van der Waals surface area contributed by atoms with E-state index in [1.165, 1.54) is 43.9 Å². The molecule has 1 aliphatic carbocycles. The van der Waals surface area contributed by atoms with Crippen LogP contribution in [0.4, 0.5) is 0 Å². The van der Waals surface area contributed by atoms with Crippen molar-refractivity contribution in [3.05, 3.63) is 29.8 Å². The van der Waals surface area contributed by atoms with Gasteiger partial charge in [0.1, 0.15) is 5.25 Å². The number of thioether (sulfide) groups is 1. The summed E-state index contributed by atoms with van der Waals surface area (Å²) in [5, 5.41) is 8.57. The summed E-state index contributed by atoms with van der Waals surface area (Å²) in [5.41, 5.74) is 0.980.